The summed E-state index contributed by atoms with van der Waals surface area (Å²) in [5.41, 5.74) is 3.63. The molecular formula is C19H25N3O. The molecule has 1 unspecified atom stereocenters. The number of carbonyl (C=O) groups excluding carboxylic acids is 1. The second-order valence-corrected chi connectivity index (χ2v) is 7.46. The number of rotatable bonds is 3. The van der Waals surface area contributed by atoms with Crippen molar-refractivity contribution < 1.29 is 4.79 Å². The van der Waals surface area contributed by atoms with E-state index in [9.17, 15) is 4.79 Å². The molecule has 3 rings (SSSR count). The fourth-order valence-corrected chi connectivity index (χ4v) is 3.37. The quantitative estimate of drug-likeness (QED) is 0.938. The van der Waals surface area contributed by atoms with Crippen molar-refractivity contribution in [2.75, 3.05) is 5.32 Å². The highest BCUT2D eigenvalue weighted by Gasteiger charge is 2.35. The van der Waals surface area contributed by atoms with Gasteiger partial charge in [-0.05, 0) is 24.3 Å². The molecule has 2 heterocycles. The van der Waals surface area contributed by atoms with Crippen LogP contribution in [0.5, 0.6) is 0 Å². The van der Waals surface area contributed by atoms with Crippen molar-refractivity contribution in [2.24, 2.45) is 7.05 Å². The summed E-state index contributed by atoms with van der Waals surface area (Å²) in [6.45, 7) is 6.54. The summed E-state index contributed by atoms with van der Waals surface area (Å²) in [5.74, 6) is 1.21. The van der Waals surface area contributed by atoms with Crippen molar-refractivity contribution in [3.05, 3.63) is 47.2 Å². The van der Waals surface area contributed by atoms with Gasteiger partial charge in [-0.25, -0.2) is 0 Å². The molecule has 0 radical (unpaired) electrons. The monoisotopic (exact) mass is 311 g/mol. The van der Waals surface area contributed by atoms with Gasteiger partial charge in [0.1, 0.15) is 5.82 Å². The predicted octanol–water partition coefficient (Wildman–Crippen LogP) is 3.78. The maximum Gasteiger partial charge on any atom is 0.226 e. The summed E-state index contributed by atoms with van der Waals surface area (Å²) in [5, 5.41) is 7.72. The first-order valence-electron chi connectivity index (χ1n) is 8.27. The average molecular weight is 311 g/mol. The fraction of sp³-hybridized carbons (Fsp3) is 0.474. The summed E-state index contributed by atoms with van der Waals surface area (Å²) in [6, 6.07) is 10.5. The molecule has 1 aliphatic rings. The molecule has 1 aliphatic heterocycles. The third kappa shape index (κ3) is 3.16. The molecule has 0 saturated heterocycles. The van der Waals surface area contributed by atoms with E-state index in [2.05, 4.69) is 50.4 Å². The van der Waals surface area contributed by atoms with Crippen LogP contribution in [0.25, 0.3) is 0 Å². The topological polar surface area (TPSA) is 46.9 Å². The van der Waals surface area contributed by atoms with Crippen LogP contribution in [0.4, 0.5) is 5.82 Å². The van der Waals surface area contributed by atoms with Gasteiger partial charge >= 0.3 is 0 Å². The Labute approximate surface area is 137 Å². The van der Waals surface area contributed by atoms with Gasteiger partial charge in [-0.2, -0.15) is 5.10 Å². The van der Waals surface area contributed by atoms with Crippen LogP contribution in [0.15, 0.2) is 30.3 Å². The zero-order chi connectivity index (χ0) is 16.6. The summed E-state index contributed by atoms with van der Waals surface area (Å²) in [7, 11) is 1.91. The first kappa shape index (κ1) is 15.8. The van der Waals surface area contributed by atoms with Gasteiger partial charge in [-0.15, -0.1) is 0 Å². The Bertz CT molecular complexity index is 710. The van der Waals surface area contributed by atoms with Crippen molar-refractivity contribution >= 4 is 11.7 Å². The maximum atomic E-state index is 12.1. The summed E-state index contributed by atoms with van der Waals surface area (Å²) in [4.78, 5) is 12.1. The van der Waals surface area contributed by atoms with Crippen molar-refractivity contribution in [1.82, 2.24) is 9.78 Å². The molecule has 0 saturated carbocycles. The normalized spacial score (nSPS) is 17.7. The third-order valence-electron chi connectivity index (χ3n) is 4.52. The first-order chi connectivity index (χ1) is 10.9. The molecule has 4 nitrogen and oxygen atoms in total. The molecule has 1 amide bonds. The minimum atomic E-state index is -0.0294. The standard InChI is InChI=1S/C19H25N3O/c1-19(2,3)17-16-14(11-10-13-8-6-5-7-9-13)12-15(23)20-18(16)22(4)21-17/h5-9,14H,10-12H2,1-4H3,(H,20,23). The molecule has 1 atom stereocenters. The van der Waals surface area contributed by atoms with Crippen LogP contribution in [-0.4, -0.2) is 15.7 Å². The highest BCUT2D eigenvalue weighted by atomic mass is 16.1. The Morgan fingerprint density at radius 3 is 2.61 bits per heavy atom. The predicted molar refractivity (Wildman–Crippen MR) is 92.7 cm³/mol. The van der Waals surface area contributed by atoms with Gasteiger partial charge in [0.25, 0.3) is 0 Å². The zero-order valence-electron chi connectivity index (χ0n) is 14.4. The first-order valence-corrected chi connectivity index (χ1v) is 8.27. The summed E-state index contributed by atoms with van der Waals surface area (Å²) in [6.07, 6.45) is 2.50. The van der Waals surface area contributed by atoms with E-state index in [1.54, 1.807) is 0 Å². The molecule has 0 spiro atoms. The van der Waals surface area contributed by atoms with E-state index in [0.717, 1.165) is 24.4 Å². The van der Waals surface area contributed by atoms with Gasteiger partial charge in [-0.3, -0.25) is 9.48 Å². The number of carbonyl (C=O) groups is 1. The molecule has 122 valence electrons. The van der Waals surface area contributed by atoms with Gasteiger partial charge in [0.15, 0.2) is 0 Å². The Morgan fingerprint density at radius 2 is 1.96 bits per heavy atom. The number of benzene rings is 1. The van der Waals surface area contributed by atoms with Crippen molar-refractivity contribution in [1.29, 1.82) is 0 Å². The second kappa shape index (κ2) is 5.84. The van der Waals surface area contributed by atoms with E-state index in [1.165, 1.54) is 11.1 Å². The number of amides is 1. The van der Waals surface area contributed by atoms with Crippen LogP contribution in [0.3, 0.4) is 0 Å². The Morgan fingerprint density at radius 1 is 1.26 bits per heavy atom. The molecule has 0 aliphatic carbocycles. The second-order valence-electron chi connectivity index (χ2n) is 7.46. The number of fused-ring (bicyclic) bond motifs is 1. The third-order valence-corrected chi connectivity index (χ3v) is 4.52. The Balaban J connectivity index is 1.92. The van der Waals surface area contributed by atoms with Crippen molar-refractivity contribution in [3.8, 4) is 0 Å². The minimum absolute atomic E-state index is 0.0294. The number of hydrogen-bond donors (Lipinski definition) is 1. The number of anilines is 1. The highest BCUT2D eigenvalue weighted by molar-refractivity contribution is 5.94. The zero-order valence-corrected chi connectivity index (χ0v) is 14.4. The number of nitrogens with one attached hydrogen (secondary N) is 1. The summed E-state index contributed by atoms with van der Waals surface area (Å²) >= 11 is 0. The summed E-state index contributed by atoms with van der Waals surface area (Å²) < 4.78 is 1.82. The average Bonchev–Trinajstić information content (AvgIpc) is 2.83. The molecule has 1 aromatic carbocycles. The van der Waals surface area contributed by atoms with Gasteiger partial charge in [0.2, 0.25) is 5.91 Å². The van der Waals surface area contributed by atoms with E-state index < -0.39 is 0 Å². The van der Waals surface area contributed by atoms with Crippen LogP contribution in [0.1, 0.15) is 56.4 Å². The number of nitrogens with zero attached hydrogens (tertiary/aromatic N) is 2. The Kier molecular flexibility index (Phi) is 4.00. The van der Waals surface area contributed by atoms with Crippen LogP contribution < -0.4 is 5.32 Å². The lowest BCUT2D eigenvalue weighted by molar-refractivity contribution is -0.116. The van der Waals surface area contributed by atoms with Gasteiger partial charge in [0, 0.05) is 24.4 Å². The van der Waals surface area contributed by atoms with Crippen LogP contribution in [0, 0.1) is 0 Å². The SMILES string of the molecule is Cn1nc(C(C)(C)C)c2c1NC(=O)CC2CCc1ccccc1. The van der Waals surface area contributed by atoms with Crippen LogP contribution in [-0.2, 0) is 23.7 Å². The fourth-order valence-electron chi connectivity index (χ4n) is 3.37. The number of aromatic nitrogens is 2. The molecule has 0 fully saturated rings. The smallest absolute Gasteiger partial charge is 0.226 e. The van der Waals surface area contributed by atoms with Gasteiger partial charge in [0.05, 0.1) is 5.69 Å². The van der Waals surface area contributed by atoms with E-state index in [-0.39, 0.29) is 17.2 Å². The van der Waals surface area contributed by atoms with E-state index >= 15 is 0 Å². The lowest BCUT2D eigenvalue weighted by atomic mass is 9.80. The van der Waals surface area contributed by atoms with Gasteiger partial charge in [-0.1, -0.05) is 51.1 Å². The minimum Gasteiger partial charge on any atom is -0.311 e. The van der Waals surface area contributed by atoms with Crippen molar-refractivity contribution in [3.63, 3.8) is 0 Å². The number of hydrogen-bond acceptors (Lipinski definition) is 2. The molecule has 0 bridgehead atoms. The lowest BCUT2D eigenvalue weighted by Gasteiger charge is -2.27. The molecule has 4 heteroatoms. The Hall–Kier alpha value is -2.10. The highest BCUT2D eigenvalue weighted by Crippen LogP contribution is 2.41. The van der Waals surface area contributed by atoms with Crippen LogP contribution >= 0.6 is 0 Å². The van der Waals surface area contributed by atoms with E-state index in [0.29, 0.717) is 6.42 Å². The molecule has 23 heavy (non-hydrogen) atoms. The van der Waals surface area contributed by atoms with Crippen molar-refractivity contribution in [2.45, 2.75) is 51.4 Å². The number of aryl methyl sites for hydroxylation is 2. The largest absolute Gasteiger partial charge is 0.311 e. The van der Waals surface area contributed by atoms with E-state index in [1.807, 2.05) is 17.8 Å². The van der Waals surface area contributed by atoms with E-state index in [4.69, 9.17) is 5.10 Å². The molecule has 1 N–H and O–H groups in total. The molecule has 1 aromatic heterocycles. The maximum absolute atomic E-state index is 12.1. The molecule has 2 aromatic rings. The lowest BCUT2D eigenvalue weighted by Crippen LogP contribution is -2.26. The van der Waals surface area contributed by atoms with Crippen LogP contribution in [0.2, 0.25) is 0 Å². The molecular weight excluding hydrogens is 286 g/mol. The van der Waals surface area contributed by atoms with Gasteiger partial charge < -0.3 is 5.32 Å².